The molecule has 108 valence electrons. The predicted molar refractivity (Wildman–Crippen MR) is 79.9 cm³/mol. The lowest BCUT2D eigenvalue weighted by atomic mass is 9.84. The lowest BCUT2D eigenvalue weighted by Crippen LogP contribution is -2.30. The second-order valence-corrected chi connectivity index (χ2v) is 6.53. The van der Waals surface area contributed by atoms with Gasteiger partial charge in [-0.2, -0.15) is 0 Å². The lowest BCUT2D eigenvalue weighted by Gasteiger charge is -2.29. The molecule has 4 nitrogen and oxygen atoms in total. The van der Waals surface area contributed by atoms with E-state index in [-0.39, 0.29) is 10.6 Å². The first-order chi connectivity index (χ1) is 9.54. The molecule has 1 aromatic rings. The molecule has 1 aromatic carbocycles. The Labute approximate surface area is 119 Å². The van der Waals surface area contributed by atoms with Gasteiger partial charge in [0.2, 0.25) is 0 Å². The standard InChI is InChI=1S/C16H22N2O2/c1-10-3-6-14(18(19)20)9-16(10)17-11(2)15-8-12-4-5-13(15)7-12/h3,6,9,11-13,15,17H,4-5,7-8H2,1-2H3. The molecule has 4 atom stereocenters. The van der Waals surface area contributed by atoms with Gasteiger partial charge in [0.25, 0.3) is 5.69 Å². The number of nitrogens with zero attached hydrogens (tertiary/aromatic N) is 1. The summed E-state index contributed by atoms with van der Waals surface area (Å²) in [6.45, 7) is 4.23. The molecule has 2 saturated carbocycles. The van der Waals surface area contributed by atoms with Gasteiger partial charge in [0.15, 0.2) is 0 Å². The van der Waals surface area contributed by atoms with Gasteiger partial charge in [0.1, 0.15) is 0 Å². The lowest BCUT2D eigenvalue weighted by molar-refractivity contribution is -0.384. The van der Waals surface area contributed by atoms with Crippen LogP contribution < -0.4 is 5.32 Å². The van der Waals surface area contributed by atoms with Crippen LogP contribution in [0.3, 0.4) is 0 Å². The molecular formula is C16H22N2O2. The summed E-state index contributed by atoms with van der Waals surface area (Å²) in [5.41, 5.74) is 2.15. The first-order valence-electron chi connectivity index (χ1n) is 7.56. The summed E-state index contributed by atoms with van der Waals surface area (Å²) in [5.74, 6) is 2.52. The topological polar surface area (TPSA) is 55.2 Å². The molecule has 0 aliphatic heterocycles. The van der Waals surface area contributed by atoms with Gasteiger partial charge in [-0.1, -0.05) is 12.5 Å². The Balaban J connectivity index is 1.74. The monoisotopic (exact) mass is 274 g/mol. The zero-order valence-electron chi connectivity index (χ0n) is 12.1. The molecular weight excluding hydrogens is 252 g/mol. The van der Waals surface area contributed by atoms with Crippen molar-refractivity contribution in [1.82, 2.24) is 0 Å². The van der Waals surface area contributed by atoms with Crippen LogP contribution in [-0.4, -0.2) is 11.0 Å². The fourth-order valence-electron chi connectivity index (χ4n) is 4.14. The van der Waals surface area contributed by atoms with Crippen LogP contribution in [0.1, 0.15) is 38.2 Å². The highest BCUT2D eigenvalue weighted by Gasteiger charge is 2.41. The van der Waals surface area contributed by atoms with E-state index in [1.165, 1.54) is 25.7 Å². The zero-order valence-corrected chi connectivity index (χ0v) is 12.1. The number of hydrogen-bond acceptors (Lipinski definition) is 3. The normalized spacial score (nSPS) is 29.4. The van der Waals surface area contributed by atoms with Gasteiger partial charge in [-0.25, -0.2) is 0 Å². The van der Waals surface area contributed by atoms with Crippen molar-refractivity contribution in [3.05, 3.63) is 33.9 Å². The Bertz CT molecular complexity index is 529. The molecule has 0 heterocycles. The van der Waals surface area contributed by atoms with E-state index in [9.17, 15) is 10.1 Å². The van der Waals surface area contributed by atoms with Gasteiger partial charge < -0.3 is 5.32 Å². The average Bonchev–Trinajstić information content (AvgIpc) is 3.03. The van der Waals surface area contributed by atoms with Crippen molar-refractivity contribution in [3.63, 3.8) is 0 Å². The van der Waals surface area contributed by atoms with Crippen molar-refractivity contribution in [2.24, 2.45) is 17.8 Å². The number of fused-ring (bicyclic) bond motifs is 2. The number of hydrogen-bond donors (Lipinski definition) is 1. The van der Waals surface area contributed by atoms with Crippen LogP contribution in [0.4, 0.5) is 11.4 Å². The van der Waals surface area contributed by atoms with Gasteiger partial charge >= 0.3 is 0 Å². The molecule has 2 bridgehead atoms. The molecule has 0 saturated heterocycles. The summed E-state index contributed by atoms with van der Waals surface area (Å²) < 4.78 is 0. The SMILES string of the molecule is Cc1ccc([N+](=O)[O-])cc1NC(C)C1CC2CCC1C2. The first-order valence-corrected chi connectivity index (χ1v) is 7.56. The largest absolute Gasteiger partial charge is 0.382 e. The number of rotatable bonds is 4. The van der Waals surface area contributed by atoms with Crippen LogP contribution in [0.15, 0.2) is 18.2 Å². The van der Waals surface area contributed by atoms with Crippen LogP contribution in [0, 0.1) is 34.8 Å². The maximum absolute atomic E-state index is 10.9. The number of aryl methyl sites for hydroxylation is 1. The van der Waals surface area contributed by atoms with Crippen LogP contribution in [-0.2, 0) is 0 Å². The van der Waals surface area contributed by atoms with Crippen LogP contribution in [0.25, 0.3) is 0 Å². The highest BCUT2D eigenvalue weighted by molar-refractivity contribution is 5.57. The van der Waals surface area contributed by atoms with Gasteiger partial charge in [-0.15, -0.1) is 0 Å². The van der Waals surface area contributed by atoms with Crippen molar-refractivity contribution < 1.29 is 4.92 Å². The van der Waals surface area contributed by atoms with Crippen molar-refractivity contribution >= 4 is 11.4 Å². The number of non-ortho nitro benzene ring substituents is 1. The highest BCUT2D eigenvalue weighted by Crippen LogP contribution is 2.49. The Hall–Kier alpha value is -1.58. The fraction of sp³-hybridized carbons (Fsp3) is 0.625. The molecule has 0 radical (unpaired) electrons. The average molecular weight is 274 g/mol. The zero-order chi connectivity index (χ0) is 14.3. The quantitative estimate of drug-likeness (QED) is 0.663. The number of nitro groups is 1. The Morgan fingerprint density at radius 3 is 2.75 bits per heavy atom. The maximum atomic E-state index is 10.9. The van der Waals surface area contributed by atoms with E-state index >= 15 is 0 Å². The maximum Gasteiger partial charge on any atom is 0.271 e. The van der Waals surface area contributed by atoms with Crippen molar-refractivity contribution in [2.45, 2.75) is 45.6 Å². The molecule has 4 heteroatoms. The van der Waals surface area contributed by atoms with Crippen LogP contribution >= 0.6 is 0 Å². The molecule has 0 aromatic heterocycles. The van der Waals surface area contributed by atoms with E-state index in [2.05, 4.69) is 12.2 Å². The Morgan fingerprint density at radius 2 is 2.15 bits per heavy atom. The summed E-state index contributed by atoms with van der Waals surface area (Å²) in [5, 5.41) is 14.4. The molecule has 20 heavy (non-hydrogen) atoms. The molecule has 1 N–H and O–H groups in total. The number of benzene rings is 1. The fourth-order valence-corrected chi connectivity index (χ4v) is 4.14. The van der Waals surface area contributed by atoms with Gasteiger partial charge in [-0.05, 0) is 56.4 Å². The van der Waals surface area contributed by atoms with E-state index in [0.717, 1.165) is 29.0 Å². The van der Waals surface area contributed by atoms with Gasteiger partial charge in [0.05, 0.1) is 4.92 Å². The molecule has 3 rings (SSSR count). The second-order valence-electron chi connectivity index (χ2n) is 6.53. The highest BCUT2D eigenvalue weighted by atomic mass is 16.6. The Kier molecular flexibility index (Phi) is 3.40. The van der Waals surface area contributed by atoms with Gasteiger partial charge in [0, 0.05) is 23.9 Å². The number of nitro benzene ring substituents is 1. The summed E-state index contributed by atoms with van der Waals surface area (Å²) in [4.78, 5) is 10.6. The summed E-state index contributed by atoms with van der Waals surface area (Å²) in [6, 6.07) is 5.46. The van der Waals surface area contributed by atoms with E-state index in [4.69, 9.17) is 0 Å². The van der Waals surface area contributed by atoms with Crippen molar-refractivity contribution in [3.8, 4) is 0 Å². The molecule has 4 unspecified atom stereocenters. The predicted octanol–water partition coefficient (Wildman–Crippen LogP) is 4.14. The minimum absolute atomic E-state index is 0.165. The molecule has 2 aliphatic carbocycles. The van der Waals surface area contributed by atoms with E-state index < -0.39 is 0 Å². The third kappa shape index (κ3) is 2.39. The number of anilines is 1. The minimum atomic E-state index is -0.327. The smallest absolute Gasteiger partial charge is 0.271 e. The van der Waals surface area contributed by atoms with E-state index in [1.807, 2.05) is 13.0 Å². The summed E-state index contributed by atoms with van der Waals surface area (Å²) in [6.07, 6.45) is 5.50. The molecule has 2 aliphatic rings. The third-order valence-electron chi connectivity index (χ3n) is 5.25. The molecule has 2 fully saturated rings. The van der Waals surface area contributed by atoms with Crippen LogP contribution in [0.2, 0.25) is 0 Å². The first kappa shape index (κ1) is 13.4. The van der Waals surface area contributed by atoms with Crippen molar-refractivity contribution in [1.29, 1.82) is 0 Å². The van der Waals surface area contributed by atoms with Crippen molar-refractivity contribution in [2.75, 3.05) is 5.32 Å². The van der Waals surface area contributed by atoms with E-state index in [1.54, 1.807) is 12.1 Å². The minimum Gasteiger partial charge on any atom is -0.382 e. The Morgan fingerprint density at radius 1 is 1.35 bits per heavy atom. The summed E-state index contributed by atoms with van der Waals surface area (Å²) >= 11 is 0. The van der Waals surface area contributed by atoms with Gasteiger partial charge in [-0.3, -0.25) is 10.1 Å². The van der Waals surface area contributed by atoms with E-state index in [0.29, 0.717) is 6.04 Å². The molecule has 0 spiro atoms. The second kappa shape index (κ2) is 5.08. The third-order valence-corrected chi connectivity index (χ3v) is 5.25. The summed E-state index contributed by atoms with van der Waals surface area (Å²) in [7, 11) is 0. The van der Waals surface area contributed by atoms with Crippen LogP contribution in [0.5, 0.6) is 0 Å². The number of nitrogens with one attached hydrogen (secondary N) is 1. The molecule has 0 amide bonds.